The van der Waals surface area contributed by atoms with Crippen LogP contribution in [0.2, 0.25) is 0 Å². The second kappa shape index (κ2) is 11.0. The fourth-order valence-corrected chi connectivity index (χ4v) is 0.887. The van der Waals surface area contributed by atoms with Gasteiger partial charge in [-0.2, -0.15) is 0 Å². The van der Waals surface area contributed by atoms with E-state index < -0.39 is 0 Å². The third-order valence-electron chi connectivity index (χ3n) is 1.56. The molecule has 0 amide bonds. The van der Waals surface area contributed by atoms with Gasteiger partial charge in [-0.3, -0.25) is 0 Å². The van der Waals surface area contributed by atoms with Crippen LogP contribution in [-0.4, -0.2) is 41.4 Å². The SMILES string of the molecule is NCCCN(CCCN)[N+]([O-])=NO.[Na+]. The Morgan fingerprint density at radius 3 is 1.93 bits per heavy atom. The maximum atomic E-state index is 10.9. The summed E-state index contributed by atoms with van der Waals surface area (Å²) >= 11 is 0. The molecule has 0 spiro atoms. The Bertz CT molecular complexity index is 149. The molecule has 0 bridgehead atoms. The Labute approximate surface area is 106 Å². The van der Waals surface area contributed by atoms with Gasteiger partial charge in [-0.15, -0.1) is 5.01 Å². The van der Waals surface area contributed by atoms with E-state index in [1.54, 1.807) is 0 Å². The maximum Gasteiger partial charge on any atom is 1.00 e. The molecule has 0 rings (SSSR count). The fraction of sp³-hybridized carbons (Fsp3) is 1.00. The van der Waals surface area contributed by atoms with Crippen LogP contribution in [0.3, 0.4) is 0 Å². The van der Waals surface area contributed by atoms with Crippen LogP contribution >= 0.6 is 0 Å². The molecule has 0 saturated heterocycles. The predicted molar refractivity (Wildman–Crippen MR) is 46.8 cm³/mol. The molecule has 5 N–H and O–H groups in total. The molecule has 0 aromatic carbocycles. The minimum atomic E-state index is 0. The van der Waals surface area contributed by atoms with Crippen molar-refractivity contribution >= 4 is 0 Å². The van der Waals surface area contributed by atoms with Crippen LogP contribution in [0, 0.1) is 5.21 Å². The quantitative estimate of drug-likeness (QED) is 0.174. The van der Waals surface area contributed by atoms with E-state index in [0.29, 0.717) is 39.0 Å². The van der Waals surface area contributed by atoms with Crippen molar-refractivity contribution in [1.29, 1.82) is 0 Å². The molecule has 0 aromatic heterocycles. The molecular weight excluding hydrogens is 197 g/mol. The first-order chi connectivity index (χ1) is 6.26. The van der Waals surface area contributed by atoms with Crippen LogP contribution in [0.4, 0.5) is 0 Å². The Kier molecular flexibility index (Phi) is 12.8. The first-order valence-electron chi connectivity index (χ1n) is 4.23. The topological polar surface area (TPSA) is 114 Å². The van der Waals surface area contributed by atoms with Gasteiger partial charge in [-0.25, -0.2) is 0 Å². The van der Waals surface area contributed by atoms with Crippen molar-refractivity contribution in [2.24, 2.45) is 16.7 Å². The van der Waals surface area contributed by atoms with Gasteiger partial charge in [-0.1, -0.05) is 0 Å². The van der Waals surface area contributed by atoms with Crippen molar-refractivity contribution in [3.05, 3.63) is 5.21 Å². The molecule has 0 aliphatic carbocycles. The summed E-state index contributed by atoms with van der Waals surface area (Å²) in [7, 11) is 0. The van der Waals surface area contributed by atoms with E-state index in [1.807, 2.05) is 0 Å². The van der Waals surface area contributed by atoms with E-state index in [1.165, 1.54) is 5.01 Å². The van der Waals surface area contributed by atoms with Gasteiger partial charge < -0.3 is 21.9 Å². The molecule has 14 heavy (non-hydrogen) atoms. The molecule has 0 aromatic rings. The largest absolute Gasteiger partial charge is 1.00 e. The van der Waals surface area contributed by atoms with Gasteiger partial charge in [0.25, 0.3) is 0 Å². The second-order valence-corrected chi connectivity index (χ2v) is 2.58. The predicted octanol–water partition coefficient (Wildman–Crippen LogP) is -3.74. The minimum Gasteiger partial charge on any atom is -0.569 e. The number of rotatable bonds is 7. The third-order valence-corrected chi connectivity index (χ3v) is 1.56. The van der Waals surface area contributed by atoms with Crippen molar-refractivity contribution in [1.82, 2.24) is 5.01 Å². The molecule has 0 radical (unpaired) electrons. The van der Waals surface area contributed by atoms with Crippen LogP contribution in [-0.2, 0) is 0 Å². The summed E-state index contributed by atoms with van der Waals surface area (Å²) in [5.41, 5.74) is 10.6. The van der Waals surface area contributed by atoms with Crippen LogP contribution in [0.5, 0.6) is 0 Å². The monoisotopic (exact) mass is 214 g/mol. The van der Waals surface area contributed by atoms with Crippen LogP contribution in [0.15, 0.2) is 5.28 Å². The van der Waals surface area contributed by atoms with Crippen molar-refractivity contribution in [3.63, 3.8) is 0 Å². The molecule has 7 nitrogen and oxygen atoms in total. The average molecular weight is 214 g/mol. The van der Waals surface area contributed by atoms with Gasteiger partial charge >= 0.3 is 29.6 Å². The van der Waals surface area contributed by atoms with Gasteiger partial charge in [0.05, 0.1) is 18.1 Å². The maximum absolute atomic E-state index is 10.9. The number of hydrogen-bond acceptors (Lipinski definition) is 4. The molecule has 78 valence electrons. The van der Waals surface area contributed by atoms with Crippen molar-refractivity contribution in [2.75, 3.05) is 26.2 Å². The normalized spacial score (nSPS) is 10.9. The summed E-state index contributed by atoms with van der Waals surface area (Å²) in [5, 5.41) is 23.0. The Morgan fingerprint density at radius 2 is 1.64 bits per heavy atom. The zero-order valence-corrected chi connectivity index (χ0v) is 10.6. The number of nitrogens with zero attached hydrogens (tertiary/aromatic N) is 3. The number of hydrazine groups is 1. The standard InChI is InChI=1S/C6H17N5O2.Na/c7-3-1-5-10(6-2-4-8)11(13)9-12;/h12H,1-8H2;/q;+1. The smallest absolute Gasteiger partial charge is 0.569 e. The van der Waals surface area contributed by atoms with Crippen LogP contribution < -0.4 is 41.0 Å². The molecular formula is C6H17N5NaO2+. The van der Waals surface area contributed by atoms with Crippen LogP contribution in [0.25, 0.3) is 0 Å². The minimum absolute atomic E-state index is 0. The zero-order chi connectivity index (χ0) is 10.1. The van der Waals surface area contributed by atoms with E-state index in [0.717, 1.165) is 0 Å². The van der Waals surface area contributed by atoms with E-state index in [4.69, 9.17) is 16.7 Å². The van der Waals surface area contributed by atoms with E-state index in [2.05, 4.69) is 5.28 Å². The molecule has 0 unspecified atom stereocenters. The number of nitrogens with two attached hydrogens (primary N) is 2. The van der Waals surface area contributed by atoms with Crippen molar-refractivity contribution in [3.8, 4) is 0 Å². The van der Waals surface area contributed by atoms with E-state index in [-0.39, 0.29) is 34.5 Å². The summed E-state index contributed by atoms with van der Waals surface area (Å²) in [5.74, 6) is 0. The van der Waals surface area contributed by atoms with Gasteiger partial charge in [0, 0.05) is 0 Å². The average Bonchev–Trinajstić information content (AvgIpc) is 2.17. The van der Waals surface area contributed by atoms with Crippen molar-refractivity contribution < 1.29 is 39.7 Å². The van der Waals surface area contributed by atoms with Gasteiger partial charge in [0.2, 0.25) is 5.28 Å². The summed E-state index contributed by atoms with van der Waals surface area (Å²) in [6.45, 7) is 1.95. The Hall–Kier alpha value is -0.0800. The number of hydrogen-bond donors (Lipinski definition) is 3. The third kappa shape index (κ3) is 7.34. The second-order valence-electron chi connectivity index (χ2n) is 2.58. The Morgan fingerprint density at radius 1 is 1.21 bits per heavy atom. The van der Waals surface area contributed by atoms with Gasteiger partial charge in [-0.05, 0) is 25.9 Å². The molecule has 0 saturated carbocycles. The van der Waals surface area contributed by atoms with E-state index in [9.17, 15) is 5.21 Å². The zero-order valence-electron chi connectivity index (χ0n) is 8.59. The molecule has 0 atom stereocenters. The van der Waals surface area contributed by atoms with Gasteiger partial charge in [0.15, 0.2) is 0 Å². The Balaban J connectivity index is 0. The molecule has 0 aliphatic heterocycles. The van der Waals surface area contributed by atoms with Crippen LogP contribution in [0.1, 0.15) is 12.8 Å². The molecule has 8 heteroatoms. The molecule has 0 fully saturated rings. The van der Waals surface area contributed by atoms with Gasteiger partial charge in [0.1, 0.15) is 0 Å². The first kappa shape index (κ1) is 16.4. The summed E-state index contributed by atoms with van der Waals surface area (Å²) in [6, 6.07) is 0. The summed E-state index contributed by atoms with van der Waals surface area (Å²) in [6.07, 6.45) is 1.36. The fourth-order valence-electron chi connectivity index (χ4n) is 0.887. The van der Waals surface area contributed by atoms with E-state index >= 15 is 0 Å². The van der Waals surface area contributed by atoms with Crippen molar-refractivity contribution in [2.45, 2.75) is 12.8 Å². The molecule has 0 heterocycles. The summed E-state index contributed by atoms with van der Waals surface area (Å²) < 4.78 is 0. The first-order valence-corrected chi connectivity index (χ1v) is 4.23. The summed E-state index contributed by atoms with van der Waals surface area (Å²) in [4.78, 5) is 0.158. The molecule has 0 aliphatic rings.